The first-order valence-electron chi connectivity index (χ1n) is 3.83. The molecule has 0 aromatic rings. The quantitative estimate of drug-likeness (QED) is 0.461. The third kappa shape index (κ3) is 4.25. The van der Waals surface area contributed by atoms with Gasteiger partial charge in [-0.3, -0.25) is 9.59 Å². The van der Waals surface area contributed by atoms with Crippen LogP contribution in [-0.4, -0.2) is 30.4 Å². The van der Waals surface area contributed by atoms with E-state index < -0.39 is 23.8 Å². The Hall–Kier alpha value is -1.39. The Morgan fingerprint density at radius 1 is 1.23 bits per heavy atom. The number of ether oxygens (including phenoxy) is 2. The van der Waals surface area contributed by atoms with Crippen LogP contribution in [0.3, 0.4) is 0 Å². The minimum absolute atomic E-state index is 0.143. The van der Waals surface area contributed by atoms with Crippen LogP contribution in [0.25, 0.3) is 0 Å². The summed E-state index contributed by atoms with van der Waals surface area (Å²) < 4.78 is 8.99. The predicted octanol–water partition coefficient (Wildman–Crippen LogP) is 0.0702. The summed E-state index contributed by atoms with van der Waals surface area (Å²) in [6.07, 6.45) is -1.42. The largest absolute Gasteiger partial charge is 0.463 e. The lowest BCUT2D eigenvalue weighted by Crippen LogP contribution is -2.34. The highest BCUT2D eigenvalue weighted by Gasteiger charge is 2.27. The molecule has 1 unspecified atom stereocenters. The van der Waals surface area contributed by atoms with Gasteiger partial charge in [0, 0.05) is 6.92 Å². The summed E-state index contributed by atoms with van der Waals surface area (Å²) in [5, 5.41) is 0. The SMILES string of the molecule is CCOC(=O)C(OC(C)=O)C(C)=O. The van der Waals surface area contributed by atoms with Gasteiger partial charge in [-0.05, 0) is 13.8 Å². The second-order valence-corrected chi connectivity index (χ2v) is 2.35. The molecule has 0 fully saturated rings. The molecule has 0 radical (unpaired) electrons. The van der Waals surface area contributed by atoms with Crippen LogP contribution in [0.15, 0.2) is 0 Å². The predicted molar refractivity (Wildman–Crippen MR) is 42.9 cm³/mol. The van der Waals surface area contributed by atoms with E-state index in [-0.39, 0.29) is 6.61 Å². The second kappa shape index (κ2) is 5.29. The van der Waals surface area contributed by atoms with Gasteiger partial charge in [0.2, 0.25) is 0 Å². The number of rotatable bonds is 4. The molecule has 0 spiro atoms. The fourth-order valence-corrected chi connectivity index (χ4v) is 0.681. The van der Waals surface area contributed by atoms with Gasteiger partial charge in [-0.2, -0.15) is 0 Å². The fraction of sp³-hybridized carbons (Fsp3) is 0.625. The molecule has 5 nitrogen and oxygen atoms in total. The van der Waals surface area contributed by atoms with E-state index in [0.717, 1.165) is 13.8 Å². The van der Waals surface area contributed by atoms with Crippen molar-refractivity contribution in [3.8, 4) is 0 Å². The van der Waals surface area contributed by atoms with Gasteiger partial charge in [-0.25, -0.2) is 4.79 Å². The standard InChI is InChI=1S/C8H12O5/c1-4-12-8(11)7(5(2)9)13-6(3)10/h7H,4H2,1-3H3. The summed E-state index contributed by atoms with van der Waals surface area (Å²) in [4.78, 5) is 32.3. The molecule has 0 aromatic heterocycles. The van der Waals surface area contributed by atoms with E-state index in [1.165, 1.54) is 0 Å². The third-order valence-corrected chi connectivity index (χ3v) is 1.15. The number of carbonyl (C=O) groups excluding carboxylic acids is 3. The molecule has 13 heavy (non-hydrogen) atoms. The van der Waals surface area contributed by atoms with Crippen LogP contribution in [-0.2, 0) is 23.9 Å². The van der Waals surface area contributed by atoms with E-state index in [0.29, 0.717) is 0 Å². The molecular formula is C8H12O5. The summed E-state index contributed by atoms with van der Waals surface area (Å²) in [7, 11) is 0. The highest BCUT2D eigenvalue weighted by atomic mass is 16.6. The van der Waals surface area contributed by atoms with Gasteiger partial charge in [0.05, 0.1) is 6.61 Å². The topological polar surface area (TPSA) is 69.7 Å². The summed E-state index contributed by atoms with van der Waals surface area (Å²) in [5.41, 5.74) is 0. The van der Waals surface area contributed by atoms with Crippen molar-refractivity contribution in [3.63, 3.8) is 0 Å². The van der Waals surface area contributed by atoms with Crippen LogP contribution >= 0.6 is 0 Å². The fourth-order valence-electron chi connectivity index (χ4n) is 0.681. The van der Waals surface area contributed by atoms with Gasteiger partial charge >= 0.3 is 11.9 Å². The first-order valence-corrected chi connectivity index (χ1v) is 3.83. The van der Waals surface area contributed by atoms with Crippen LogP contribution in [0, 0.1) is 0 Å². The van der Waals surface area contributed by atoms with Crippen molar-refractivity contribution in [2.45, 2.75) is 26.9 Å². The van der Waals surface area contributed by atoms with Crippen molar-refractivity contribution >= 4 is 17.7 Å². The van der Waals surface area contributed by atoms with Gasteiger partial charge in [0.1, 0.15) is 0 Å². The van der Waals surface area contributed by atoms with Gasteiger partial charge in [-0.1, -0.05) is 0 Å². The Balaban J connectivity index is 4.32. The van der Waals surface area contributed by atoms with Crippen molar-refractivity contribution in [2.75, 3.05) is 6.61 Å². The zero-order chi connectivity index (χ0) is 10.4. The molecule has 0 aliphatic carbocycles. The second-order valence-electron chi connectivity index (χ2n) is 2.35. The number of hydrogen-bond donors (Lipinski definition) is 0. The Bertz CT molecular complexity index is 221. The number of hydrogen-bond acceptors (Lipinski definition) is 5. The maximum atomic E-state index is 11.0. The molecule has 0 rings (SSSR count). The van der Waals surface area contributed by atoms with Crippen LogP contribution in [0.5, 0.6) is 0 Å². The molecule has 0 N–H and O–H groups in total. The van der Waals surface area contributed by atoms with Crippen LogP contribution in [0.4, 0.5) is 0 Å². The Labute approximate surface area is 76.0 Å². The summed E-state index contributed by atoms with van der Waals surface area (Å²) >= 11 is 0. The lowest BCUT2D eigenvalue weighted by Gasteiger charge is -2.11. The third-order valence-electron chi connectivity index (χ3n) is 1.15. The summed E-state index contributed by atoms with van der Waals surface area (Å²) in [5.74, 6) is -2.06. The van der Waals surface area contributed by atoms with E-state index in [2.05, 4.69) is 9.47 Å². The molecule has 0 aromatic carbocycles. The molecule has 5 heteroatoms. The molecule has 1 atom stereocenters. The molecule has 74 valence electrons. The maximum absolute atomic E-state index is 11.0. The Morgan fingerprint density at radius 3 is 2.08 bits per heavy atom. The van der Waals surface area contributed by atoms with E-state index >= 15 is 0 Å². The van der Waals surface area contributed by atoms with Crippen molar-refractivity contribution in [1.82, 2.24) is 0 Å². The van der Waals surface area contributed by atoms with E-state index in [4.69, 9.17) is 0 Å². The van der Waals surface area contributed by atoms with Crippen LogP contribution in [0.2, 0.25) is 0 Å². The number of Topliss-reactive ketones (excluding diaryl/α,β-unsaturated/α-hetero) is 1. The van der Waals surface area contributed by atoms with Crippen LogP contribution in [0.1, 0.15) is 20.8 Å². The highest BCUT2D eigenvalue weighted by Crippen LogP contribution is 1.98. The maximum Gasteiger partial charge on any atom is 0.355 e. The smallest absolute Gasteiger partial charge is 0.355 e. The Morgan fingerprint density at radius 2 is 1.77 bits per heavy atom. The van der Waals surface area contributed by atoms with Crippen molar-refractivity contribution in [1.29, 1.82) is 0 Å². The highest BCUT2D eigenvalue weighted by molar-refractivity contribution is 6.02. The lowest BCUT2D eigenvalue weighted by molar-refractivity contribution is -0.169. The van der Waals surface area contributed by atoms with Crippen molar-refractivity contribution in [3.05, 3.63) is 0 Å². The summed E-state index contributed by atoms with van der Waals surface area (Å²) in [6.45, 7) is 4.02. The van der Waals surface area contributed by atoms with Crippen molar-refractivity contribution in [2.24, 2.45) is 0 Å². The number of carbonyl (C=O) groups is 3. The monoisotopic (exact) mass is 188 g/mol. The van der Waals surface area contributed by atoms with Gasteiger partial charge in [0.15, 0.2) is 5.78 Å². The molecule has 0 aliphatic heterocycles. The van der Waals surface area contributed by atoms with Crippen LogP contribution < -0.4 is 0 Å². The zero-order valence-electron chi connectivity index (χ0n) is 7.83. The molecule has 0 bridgehead atoms. The molecular weight excluding hydrogens is 176 g/mol. The number of esters is 2. The zero-order valence-corrected chi connectivity index (χ0v) is 7.83. The normalized spacial score (nSPS) is 11.6. The number of ketones is 1. The van der Waals surface area contributed by atoms with Crippen molar-refractivity contribution < 1.29 is 23.9 Å². The Kier molecular flexibility index (Phi) is 4.72. The van der Waals surface area contributed by atoms with Gasteiger partial charge in [-0.15, -0.1) is 0 Å². The summed E-state index contributed by atoms with van der Waals surface area (Å²) in [6, 6.07) is 0. The lowest BCUT2D eigenvalue weighted by atomic mass is 10.2. The van der Waals surface area contributed by atoms with E-state index in [9.17, 15) is 14.4 Å². The minimum atomic E-state index is -1.42. The van der Waals surface area contributed by atoms with E-state index in [1.807, 2.05) is 0 Å². The molecule has 0 amide bonds. The first kappa shape index (κ1) is 11.6. The van der Waals surface area contributed by atoms with Gasteiger partial charge < -0.3 is 9.47 Å². The molecule has 0 saturated carbocycles. The average molecular weight is 188 g/mol. The molecule has 0 aliphatic rings. The van der Waals surface area contributed by atoms with Gasteiger partial charge in [0.25, 0.3) is 6.10 Å². The molecule has 0 heterocycles. The minimum Gasteiger partial charge on any atom is -0.463 e. The first-order chi connectivity index (χ1) is 5.99. The van der Waals surface area contributed by atoms with E-state index in [1.54, 1.807) is 6.92 Å². The molecule has 0 saturated heterocycles. The average Bonchev–Trinajstić information content (AvgIpc) is 1.99.